The molecule has 0 fully saturated rings. The van der Waals surface area contributed by atoms with Crippen LogP contribution in [0.3, 0.4) is 0 Å². The number of ether oxygens (including phenoxy) is 2. The fourth-order valence-corrected chi connectivity index (χ4v) is 1.67. The zero-order valence-electron chi connectivity index (χ0n) is 12.0. The summed E-state index contributed by atoms with van der Waals surface area (Å²) < 4.78 is 10.0. The standard InChI is InChI=1S/C14H28O3/c1-6-8-9-10-11-14(4,5)12(3)17-13(15)16-7-2/h12H,6-11H2,1-5H3. The Morgan fingerprint density at radius 1 is 1.18 bits per heavy atom. The second-order valence-corrected chi connectivity index (χ2v) is 5.24. The Morgan fingerprint density at radius 2 is 1.82 bits per heavy atom. The summed E-state index contributed by atoms with van der Waals surface area (Å²) in [4.78, 5) is 11.2. The SMILES string of the molecule is CCCCCCC(C)(C)C(C)OC(=O)OCC. The van der Waals surface area contributed by atoms with Crippen molar-refractivity contribution >= 4 is 6.16 Å². The lowest BCUT2D eigenvalue weighted by Crippen LogP contribution is -2.31. The van der Waals surface area contributed by atoms with E-state index in [0.29, 0.717) is 6.61 Å². The van der Waals surface area contributed by atoms with Gasteiger partial charge in [0, 0.05) is 5.41 Å². The van der Waals surface area contributed by atoms with Crippen LogP contribution in [-0.2, 0) is 9.47 Å². The zero-order valence-corrected chi connectivity index (χ0v) is 12.0. The molecule has 1 unspecified atom stereocenters. The van der Waals surface area contributed by atoms with Gasteiger partial charge in [0.2, 0.25) is 0 Å². The first-order valence-electron chi connectivity index (χ1n) is 6.77. The Balaban J connectivity index is 3.97. The molecule has 0 aromatic rings. The molecule has 102 valence electrons. The highest BCUT2D eigenvalue weighted by Gasteiger charge is 2.28. The lowest BCUT2D eigenvalue weighted by molar-refractivity contribution is -0.0154. The van der Waals surface area contributed by atoms with Gasteiger partial charge < -0.3 is 9.47 Å². The Morgan fingerprint density at radius 3 is 2.35 bits per heavy atom. The number of carbonyl (C=O) groups excluding carboxylic acids is 1. The Hall–Kier alpha value is -0.730. The summed E-state index contributed by atoms with van der Waals surface area (Å²) in [6.45, 7) is 10.6. The molecule has 0 rings (SSSR count). The van der Waals surface area contributed by atoms with Crippen molar-refractivity contribution in [2.24, 2.45) is 5.41 Å². The number of hydrogen-bond donors (Lipinski definition) is 0. The van der Waals surface area contributed by atoms with Crippen LogP contribution in [0.15, 0.2) is 0 Å². The highest BCUT2D eigenvalue weighted by atomic mass is 16.7. The van der Waals surface area contributed by atoms with E-state index in [1.54, 1.807) is 6.92 Å². The zero-order chi connectivity index (χ0) is 13.3. The molecule has 0 aromatic heterocycles. The fraction of sp³-hybridized carbons (Fsp3) is 0.929. The normalized spacial score (nSPS) is 13.2. The van der Waals surface area contributed by atoms with E-state index in [1.807, 2.05) is 6.92 Å². The van der Waals surface area contributed by atoms with Gasteiger partial charge in [0.15, 0.2) is 0 Å². The van der Waals surface area contributed by atoms with E-state index in [1.165, 1.54) is 25.7 Å². The van der Waals surface area contributed by atoms with Crippen LogP contribution < -0.4 is 0 Å². The molecule has 0 N–H and O–H groups in total. The molecular formula is C14H28O3. The smallest absolute Gasteiger partial charge is 0.435 e. The molecular weight excluding hydrogens is 216 g/mol. The predicted molar refractivity (Wildman–Crippen MR) is 70.1 cm³/mol. The molecule has 0 spiro atoms. The average molecular weight is 244 g/mol. The fourth-order valence-electron chi connectivity index (χ4n) is 1.67. The van der Waals surface area contributed by atoms with Gasteiger partial charge in [-0.15, -0.1) is 0 Å². The predicted octanol–water partition coefficient (Wildman–Crippen LogP) is 4.54. The molecule has 3 nitrogen and oxygen atoms in total. The first kappa shape index (κ1) is 16.3. The van der Waals surface area contributed by atoms with Crippen LogP contribution in [0.1, 0.15) is 66.7 Å². The lowest BCUT2D eigenvalue weighted by Gasteiger charge is -2.31. The Bertz CT molecular complexity index is 212. The third kappa shape index (κ3) is 7.24. The van der Waals surface area contributed by atoms with Crippen LogP contribution in [0.4, 0.5) is 4.79 Å². The van der Waals surface area contributed by atoms with Gasteiger partial charge in [-0.25, -0.2) is 4.79 Å². The minimum Gasteiger partial charge on any atom is -0.435 e. The number of hydrogen-bond acceptors (Lipinski definition) is 3. The maximum Gasteiger partial charge on any atom is 0.508 e. The topological polar surface area (TPSA) is 35.5 Å². The van der Waals surface area contributed by atoms with E-state index >= 15 is 0 Å². The van der Waals surface area contributed by atoms with Crippen LogP contribution >= 0.6 is 0 Å². The van der Waals surface area contributed by atoms with Crippen molar-refractivity contribution in [3.63, 3.8) is 0 Å². The molecule has 3 heteroatoms. The molecule has 17 heavy (non-hydrogen) atoms. The Kier molecular flexibility index (Phi) is 8.01. The van der Waals surface area contributed by atoms with Gasteiger partial charge in [0.05, 0.1) is 6.61 Å². The number of carbonyl (C=O) groups is 1. The van der Waals surface area contributed by atoms with Gasteiger partial charge in [0.25, 0.3) is 0 Å². The summed E-state index contributed by atoms with van der Waals surface area (Å²) in [6, 6.07) is 0. The molecule has 0 aliphatic rings. The molecule has 0 amide bonds. The first-order valence-corrected chi connectivity index (χ1v) is 6.77. The maximum atomic E-state index is 11.2. The van der Waals surface area contributed by atoms with Gasteiger partial charge >= 0.3 is 6.16 Å². The van der Waals surface area contributed by atoms with E-state index in [-0.39, 0.29) is 11.5 Å². The monoisotopic (exact) mass is 244 g/mol. The average Bonchev–Trinajstić information content (AvgIpc) is 2.24. The molecule has 0 aromatic carbocycles. The third-order valence-corrected chi connectivity index (χ3v) is 3.31. The van der Waals surface area contributed by atoms with E-state index in [2.05, 4.69) is 20.8 Å². The van der Waals surface area contributed by atoms with E-state index < -0.39 is 6.16 Å². The quantitative estimate of drug-likeness (QED) is 0.464. The summed E-state index contributed by atoms with van der Waals surface area (Å²) in [6.07, 6.45) is 5.39. The molecule has 0 aliphatic heterocycles. The number of unbranched alkanes of at least 4 members (excludes halogenated alkanes) is 3. The largest absolute Gasteiger partial charge is 0.508 e. The summed E-state index contributed by atoms with van der Waals surface area (Å²) >= 11 is 0. The maximum absolute atomic E-state index is 11.2. The summed E-state index contributed by atoms with van der Waals surface area (Å²) in [5, 5.41) is 0. The highest BCUT2D eigenvalue weighted by Crippen LogP contribution is 2.30. The molecule has 0 heterocycles. The van der Waals surface area contributed by atoms with Crippen molar-refractivity contribution in [3.8, 4) is 0 Å². The summed E-state index contributed by atoms with van der Waals surface area (Å²) in [5.41, 5.74) is 0.0144. The second kappa shape index (κ2) is 8.37. The van der Waals surface area contributed by atoms with Gasteiger partial charge in [-0.05, 0) is 20.3 Å². The molecule has 0 radical (unpaired) electrons. The summed E-state index contributed by atoms with van der Waals surface area (Å²) in [7, 11) is 0. The van der Waals surface area contributed by atoms with E-state index in [9.17, 15) is 4.79 Å². The molecule has 0 saturated carbocycles. The van der Waals surface area contributed by atoms with Crippen LogP contribution in [-0.4, -0.2) is 18.9 Å². The first-order chi connectivity index (χ1) is 7.94. The van der Waals surface area contributed by atoms with Crippen molar-refractivity contribution in [3.05, 3.63) is 0 Å². The van der Waals surface area contributed by atoms with E-state index in [0.717, 1.165) is 6.42 Å². The molecule has 1 atom stereocenters. The van der Waals surface area contributed by atoms with Crippen molar-refractivity contribution in [2.45, 2.75) is 72.8 Å². The van der Waals surface area contributed by atoms with Crippen LogP contribution in [0, 0.1) is 5.41 Å². The van der Waals surface area contributed by atoms with Crippen molar-refractivity contribution in [1.29, 1.82) is 0 Å². The van der Waals surface area contributed by atoms with Gasteiger partial charge in [-0.2, -0.15) is 0 Å². The van der Waals surface area contributed by atoms with Crippen molar-refractivity contribution < 1.29 is 14.3 Å². The van der Waals surface area contributed by atoms with Crippen LogP contribution in [0.2, 0.25) is 0 Å². The van der Waals surface area contributed by atoms with Crippen LogP contribution in [0.5, 0.6) is 0 Å². The van der Waals surface area contributed by atoms with Gasteiger partial charge in [0.1, 0.15) is 6.10 Å². The third-order valence-electron chi connectivity index (χ3n) is 3.31. The molecule has 0 bridgehead atoms. The minimum atomic E-state index is -0.554. The van der Waals surface area contributed by atoms with Gasteiger partial charge in [-0.1, -0.05) is 46.5 Å². The Labute approximate surface area is 106 Å². The molecule has 0 aliphatic carbocycles. The second-order valence-electron chi connectivity index (χ2n) is 5.24. The highest BCUT2D eigenvalue weighted by molar-refractivity contribution is 5.60. The minimum absolute atomic E-state index is 0.0144. The lowest BCUT2D eigenvalue weighted by atomic mass is 9.82. The van der Waals surface area contributed by atoms with Gasteiger partial charge in [-0.3, -0.25) is 0 Å². The van der Waals surface area contributed by atoms with Crippen LogP contribution in [0.25, 0.3) is 0 Å². The van der Waals surface area contributed by atoms with E-state index in [4.69, 9.17) is 9.47 Å². The van der Waals surface area contributed by atoms with Crippen molar-refractivity contribution in [2.75, 3.05) is 6.61 Å². The molecule has 0 saturated heterocycles. The van der Waals surface area contributed by atoms with Crippen molar-refractivity contribution in [1.82, 2.24) is 0 Å². The summed E-state index contributed by atoms with van der Waals surface area (Å²) in [5.74, 6) is 0. The number of rotatable bonds is 8.